The monoisotopic (exact) mass is 344 g/mol. The van der Waals surface area contributed by atoms with Gasteiger partial charge in [0, 0.05) is 24.8 Å². The number of halogens is 1. The second-order valence-electron chi connectivity index (χ2n) is 4.53. The lowest BCUT2D eigenvalue weighted by molar-refractivity contribution is 0.591. The largest absolute Gasteiger partial charge is 0.384 e. The van der Waals surface area contributed by atoms with E-state index in [-0.39, 0.29) is 5.69 Å². The van der Waals surface area contributed by atoms with Gasteiger partial charge in [-0.3, -0.25) is 18.7 Å². The lowest BCUT2D eigenvalue weighted by atomic mass is 10.3. The van der Waals surface area contributed by atoms with Gasteiger partial charge in [-0.1, -0.05) is 11.6 Å². The quantitative estimate of drug-likeness (QED) is 0.820. The van der Waals surface area contributed by atoms with E-state index in [0.29, 0.717) is 9.59 Å². The van der Waals surface area contributed by atoms with E-state index < -0.39 is 32.0 Å². The highest BCUT2D eigenvalue weighted by molar-refractivity contribution is 7.92. The molecule has 1 heterocycles. The van der Waals surface area contributed by atoms with Crippen LogP contribution in [-0.2, 0) is 24.1 Å². The molecule has 0 aliphatic heterocycles. The lowest BCUT2D eigenvalue weighted by Gasteiger charge is -2.13. The van der Waals surface area contributed by atoms with Gasteiger partial charge < -0.3 is 5.73 Å². The molecule has 0 fully saturated rings. The molecule has 0 unspecified atom stereocenters. The molecule has 0 saturated heterocycles. The zero-order chi connectivity index (χ0) is 16.7. The molecule has 22 heavy (non-hydrogen) atoms. The van der Waals surface area contributed by atoms with Crippen molar-refractivity contribution in [3.05, 3.63) is 50.1 Å². The molecule has 2 aromatic rings. The molecule has 0 aliphatic carbocycles. The van der Waals surface area contributed by atoms with Crippen LogP contribution in [0.2, 0.25) is 5.02 Å². The number of rotatable bonds is 3. The Hall–Kier alpha value is -2.26. The number of benzene rings is 1. The summed E-state index contributed by atoms with van der Waals surface area (Å²) in [5, 5.41) is 0.431. The number of hydrogen-bond donors (Lipinski definition) is 2. The van der Waals surface area contributed by atoms with Crippen LogP contribution in [0.3, 0.4) is 0 Å². The summed E-state index contributed by atoms with van der Waals surface area (Å²) < 4.78 is 28.6. The van der Waals surface area contributed by atoms with Gasteiger partial charge in [-0.15, -0.1) is 0 Å². The summed E-state index contributed by atoms with van der Waals surface area (Å²) in [5.74, 6) is -0.436. The number of nitrogens with two attached hydrogens (primary N) is 1. The van der Waals surface area contributed by atoms with Gasteiger partial charge in [0.2, 0.25) is 0 Å². The number of nitrogens with zero attached hydrogens (tertiary/aromatic N) is 2. The second kappa shape index (κ2) is 5.50. The summed E-state index contributed by atoms with van der Waals surface area (Å²) in [7, 11) is -1.81. The first-order chi connectivity index (χ1) is 10.1. The number of aromatic nitrogens is 2. The van der Waals surface area contributed by atoms with Crippen LogP contribution in [0.5, 0.6) is 0 Å². The highest BCUT2D eigenvalue weighted by atomic mass is 35.5. The third-order valence-electron chi connectivity index (χ3n) is 3.03. The molecule has 3 N–H and O–H groups in total. The average Bonchev–Trinajstić information content (AvgIpc) is 2.45. The van der Waals surface area contributed by atoms with Crippen molar-refractivity contribution in [1.29, 1.82) is 0 Å². The van der Waals surface area contributed by atoms with Crippen molar-refractivity contribution in [2.24, 2.45) is 14.1 Å². The minimum Gasteiger partial charge on any atom is -0.384 e. The summed E-state index contributed by atoms with van der Waals surface area (Å²) in [5.41, 5.74) is 4.12. The van der Waals surface area contributed by atoms with Crippen molar-refractivity contribution in [1.82, 2.24) is 9.13 Å². The second-order valence-corrected chi connectivity index (χ2v) is 6.59. The summed E-state index contributed by atoms with van der Waals surface area (Å²) in [4.78, 5) is 23.1. The van der Waals surface area contributed by atoms with Gasteiger partial charge in [0.15, 0.2) is 4.90 Å². The minimum atomic E-state index is -4.26. The lowest BCUT2D eigenvalue weighted by Crippen LogP contribution is -2.42. The number of sulfonamides is 1. The third kappa shape index (κ3) is 2.72. The Morgan fingerprint density at radius 3 is 2.18 bits per heavy atom. The molecular weight excluding hydrogens is 332 g/mol. The van der Waals surface area contributed by atoms with E-state index in [9.17, 15) is 18.0 Å². The average molecular weight is 345 g/mol. The van der Waals surface area contributed by atoms with E-state index in [4.69, 9.17) is 17.3 Å². The number of nitrogens with one attached hydrogen (secondary N) is 1. The number of anilines is 2. The van der Waals surface area contributed by atoms with E-state index >= 15 is 0 Å². The molecular formula is C12H13ClN4O4S. The van der Waals surface area contributed by atoms with Crippen LogP contribution in [0.15, 0.2) is 38.8 Å². The predicted molar refractivity (Wildman–Crippen MR) is 83.6 cm³/mol. The van der Waals surface area contributed by atoms with Gasteiger partial charge in [0.1, 0.15) is 5.82 Å². The fourth-order valence-electron chi connectivity index (χ4n) is 1.81. The molecule has 118 valence electrons. The highest BCUT2D eigenvalue weighted by Crippen LogP contribution is 2.18. The Morgan fingerprint density at radius 1 is 1.09 bits per heavy atom. The zero-order valence-electron chi connectivity index (χ0n) is 11.7. The van der Waals surface area contributed by atoms with Gasteiger partial charge in [0.25, 0.3) is 15.6 Å². The van der Waals surface area contributed by atoms with Gasteiger partial charge in [-0.2, -0.15) is 0 Å². The van der Waals surface area contributed by atoms with Crippen LogP contribution in [0.1, 0.15) is 0 Å². The van der Waals surface area contributed by atoms with Crippen molar-refractivity contribution in [3.8, 4) is 0 Å². The Kier molecular flexibility index (Phi) is 4.03. The first-order valence-electron chi connectivity index (χ1n) is 5.99. The Labute approximate surface area is 130 Å². The predicted octanol–water partition coefficient (Wildman–Crippen LogP) is 0.120. The van der Waals surface area contributed by atoms with Crippen LogP contribution in [0.25, 0.3) is 0 Å². The van der Waals surface area contributed by atoms with Gasteiger partial charge in [0.05, 0.1) is 0 Å². The van der Waals surface area contributed by atoms with Gasteiger partial charge in [-0.25, -0.2) is 13.2 Å². The van der Waals surface area contributed by atoms with E-state index in [2.05, 4.69) is 4.72 Å². The maximum atomic E-state index is 12.4. The third-order valence-corrected chi connectivity index (χ3v) is 4.71. The molecule has 0 aliphatic rings. The van der Waals surface area contributed by atoms with Crippen molar-refractivity contribution < 1.29 is 8.42 Å². The van der Waals surface area contributed by atoms with Crippen LogP contribution in [0, 0.1) is 0 Å². The number of hydrogen-bond acceptors (Lipinski definition) is 5. The molecule has 0 bridgehead atoms. The van der Waals surface area contributed by atoms with E-state index in [1.165, 1.54) is 38.4 Å². The summed E-state index contributed by atoms with van der Waals surface area (Å²) >= 11 is 5.72. The van der Waals surface area contributed by atoms with E-state index in [0.717, 1.165) is 4.57 Å². The van der Waals surface area contributed by atoms with Crippen molar-refractivity contribution >= 4 is 33.1 Å². The first-order valence-corrected chi connectivity index (χ1v) is 7.85. The Bertz CT molecular complexity index is 945. The van der Waals surface area contributed by atoms with Crippen LogP contribution >= 0.6 is 11.6 Å². The summed E-state index contributed by atoms with van der Waals surface area (Å²) in [6, 6.07) is 5.84. The molecule has 1 aromatic carbocycles. The van der Waals surface area contributed by atoms with Crippen molar-refractivity contribution in [3.63, 3.8) is 0 Å². The molecule has 0 atom stereocenters. The van der Waals surface area contributed by atoms with E-state index in [1.807, 2.05) is 0 Å². The molecule has 0 amide bonds. The molecule has 10 heteroatoms. The fraction of sp³-hybridized carbons (Fsp3) is 0.167. The molecule has 0 spiro atoms. The molecule has 2 rings (SSSR count). The SMILES string of the molecule is Cn1c(N)c(S(=O)(=O)Nc2ccc(Cl)cc2)c(=O)n(C)c1=O. The normalized spacial score (nSPS) is 11.4. The standard InChI is InChI=1S/C12H13ClN4O4S/c1-16-10(14)9(11(18)17(2)12(16)19)22(20,21)15-8-5-3-7(13)4-6-8/h3-6,15H,14H2,1-2H3. The topological polar surface area (TPSA) is 116 Å². The molecule has 1 aromatic heterocycles. The summed E-state index contributed by atoms with van der Waals surface area (Å²) in [6.45, 7) is 0. The molecule has 8 nitrogen and oxygen atoms in total. The van der Waals surface area contributed by atoms with Crippen LogP contribution < -0.4 is 21.7 Å². The highest BCUT2D eigenvalue weighted by Gasteiger charge is 2.26. The smallest absolute Gasteiger partial charge is 0.332 e. The van der Waals surface area contributed by atoms with Crippen molar-refractivity contribution in [2.45, 2.75) is 4.90 Å². The number of nitrogen functional groups attached to an aromatic ring is 1. The molecule has 0 saturated carbocycles. The molecule has 0 radical (unpaired) electrons. The van der Waals surface area contributed by atoms with Gasteiger partial charge in [-0.05, 0) is 24.3 Å². The minimum absolute atomic E-state index is 0.208. The van der Waals surface area contributed by atoms with Crippen molar-refractivity contribution in [2.75, 3.05) is 10.5 Å². The van der Waals surface area contributed by atoms with Crippen LogP contribution in [0.4, 0.5) is 11.5 Å². The maximum absolute atomic E-state index is 12.4. The Balaban J connectivity index is 2.62. The fourth-order valence-corrected chi connectivity index (χ4v) is 3.26. The van der Waals surface area contributed by atoms with E-state index in [1.54, 1.807) is 0 Å². The van der Waals surface area contributed by atoms with Gasteiger partial charge >= 0.3 is 5.69 Å². The summed E-state index contributed by atoms with van der Waals surface area (Å²) in [6.07, 6.45) is 0. The van der Waals surface area contributed by atoms with Crippen LogP contribution in [-0.4, -0.2) is 17.6 Å². The maximum Gasteiger partial charge on any atom is 0.332 e. The zero-order valence-corrected chi connectivity index (χ0v) is 13.3. The Morgan fingerprint density at radius 2 is 1.64 bits per heavy atom. The first kappa shape index (κ1) is 16.1.